The molecule has 0 aromatic heterocycles. The molecule has 0 spiro atoms. The van der Waals surface area contributed by atoms with Crippen LogP contribution < -0.4 is 0 Å². The molecule has 2 aliphatic rings. The van der Waals surface area contributed by atoms with E-state index in [2.05, 4.69) is 11.0 Å². The average molecular weight is 247 g/mol. The van der Waals surface area contributed by atoms with E-state index in [4.69, 9.17) is 4.74 Å². The summed E-state index contributed by atoms with van der Waals surface area (Å²) in [6, 6.07) is 6.46. The first-order chi connectivity index (χ1) is 8.79. The molecule has 0 bridgehead atoms. The van der Waals surface area contributed by atoms with E-state index < -0.39 is 0 Å². The second-order valence-electron chi connectivity index (χ2n) is 5.50. The summed E-state index contributed by atoms with van der Waals surface area (Å²) < 4.78 is 5.26. The summed E-state index contributed by atoms with van der Waals surface area (Å²) in [6.45, 7) is 3.16. The molecule has 1 saturated heterocycles. The lowest BCUT2D eigenvalue weighted by molar-refractivity contribution is 0.147. The Bertz CT molecular complexity index is 433. The fourth-order valence-electron chi connectivity index (χ4n) is 3.51. The summed E-state index contributed by atoms with van der Waals surface area (Å²) in [4.78, 5) is 2.56. The van der Waals surface area contributed by atoms with Crippen LogP contribution in [0.3, 0.4) is 0 Å². The maximum Gasteiger partial charge on any atom is 0.119 e. The molecule has 1 aliphatic heterocycles. The van der Waals surface area contributed by atoms with Gasteiger partial charge in [-0.05, 0) is 48.9 Å². The summed E-state index contributed by atoms with van der Waals surface area (Å²) in [5, 5.41) is 9.89. The quantitative estimate of drug-likeness (QED) is 0.890. The van der Waals surface area contributed by atoms with E-state index >= 15 is 0 Å². The average Bonchev–Trinajstić information content (AvgIpc) is 2.96. The number of ether oxygens (including phenoxy) is 1. The van der Waals surface area contributed by atoms with Gasteiger partial charge in [0.2, 0.25) is 0 Å². The minimum Gasteiger partial charge on any atom is -0.508 e. The number of aromatic hydroxyl groups is 1. The van der Waals surface area contributed by atoms with Crippen molar-refractivity contribution in [3.05, 3.63) is 29.3 Å². The van der Waals surface area contributed by atoms with Gasteiger partial charge in [-0.25, -0.2) is 0 Å². The van der Waals surface area contributed by atoms with Gasteiger partial charge in [0.05, 0.1) is 6.61 Å². The van der Waals surface area contributed by atoms with Crippen LogP contribution in [0.4, 0.5) is 0 Å². The van der Waals surface area contributed by atoms with E-state index in [0.29, 0.717) is 17.7 Å². The Kier molecular flexibility index (Phi) is 3.27. The zero-order valence-corrected chi connectivity index (χ0v) is 10.9. The van der Waals surface area contributed by atoms with Crippen LogP contribution in [0.25, 0.3) is 0 Å². The number of rotatable bonds is 3. The van der Waals surface area contributed by atoms with E-state index in [-0.39, 0.29) is 0 Å². The fraction of sp³-hybridized carbons (Fsp3) is 0.600. The van der Waals surface area contributed by atoms with Crippen molar-refractivity contribution in [1.29, 1.82) is 0 Å². The first kappa shape index (κ1) is 12.0. The Hall–Kier alpha value is -1.06. The molecule has 2 atom stereocenters. The highest BCUT2D eigenvalue weighted by Gasteiger charge is 2.33. The van der Waals surface area contributed by atoms with E-state index in [1.807, 2.05) is 6.07 Å². The fourth-order valence-corrected chi connectivity index (χ4v) is 3.51. The smallest absolute Gasteiger partial charge is 0.119 e. The third kappa shape index (κ3) is 2.02. The molecular formula is C15H21NO2. The number of methoxy groups -OCH3 is 1. The van der Waals surface area contributed by atoms with Crippen molar-refractivity contribution in [2.45, 2.75) is 25.3 Å². The van der Waals surface area contributed by atoms with Crippen LogP contribution in [-0.2, 0) is 11.2 Å². The monoisotopic (exact) mass is 247 g/mol. The molecule has 98 valence electrons. The molecular weight excluding hydrogens is 226 g/mol. The van der Waals surface area contributed by atoms with Crippen LogP contribution in [0.15, 0.2) is 18.2 Å². The molecule has 1 heterocycles. The van der Waals surface area contributed by atoms with Gasteiger partial charge >= 0.3 is 0 Å². The zero-order valence-electron chi connectivity index (χ0n) is 10.9. The molecule has 1 aliphatic carbocycles. The van der Waals surface area contributed by atoms with E-state index in [9.17, 15) is 5.11 Å². The number of benzene rings is 1. The van der Waals surface area contributed by atoms with Crippen molar-refractivity contribution in [2.24, 2.45) is 5.92 Å². The molecule has 1 fully saturated rings. The lowest BCUT2D eigenvalue weighted by Crippen LogP contribution is -2.25. The highest BCUT2D eigenvalue weighted by molar-refractivity contribution is 5.44. The number of phenolic OH excluding ortho intramolecular Hbond substituents is 1. The first-order valence-electron chi connectivity index (χ1n) is 6.83. The lowest BCUT2D eigenvalue weighted by atomic mass is 10.1. The highest BCUT2D eigenvalue weighted by atomic mass is 16.5. The summed E-state index contributed by atoms with van der Waals surface area (Å²) in [7, 11) is 1.78. The number of hydrogen-bond acceptors (Lipinski definition) is 3. The van der Waals surface area contributed by atoms with E-state index in [1.165, 1.54) is 12.0 Å². The predicted molar refractivity (Wildman–Crippen MR) is 70.7 cm³/mol. The predicted octanol–water partition coefficient (Wildman–Crippen LogP) is 2.35. The Balaban J connectivity index is 1.75. The number of phenols is 1. The molecule has 0 radical (unpaired) electrons. The molecule has 0 amide bonds. The van der Waals surface area contributed by atoms with Crippen LogP contribution in [0.1, 0.15) is 30.0 Å². The lowest BCUT2D eigenvalue weighted by Gasteiger charge is -2.24. The van der Waals surface area contributed by atoms with Gasteiger partial charge in [0, 0.05) is 19.7 Å². The Labute approximate surface area is 108 Å². The summed E-state index contributed by atoms with van der Waals surface area (Å²) in [6.07, 6.45) is 3.39. The topological polar surface area (TPSA) is 32.7 Å². The van der Waals surface area contributed by atoms with Crippen molar-refractivity contribution in [3.63, 3.8) is 0 Å². The normalized spacial score (nSPS) is 27.6. The standard InChI is InChI=1S/C15H21NO2/c1-18-10-11-7-8-16(9-11)14-6-5-13-12(14)3-2-4-15(13)17/h2-4,11,14,17H,5-10H2,1H3. The summed E-state index contributed by atoms with van der Waals surface area (Å²) in [5.41, 5.74) is 2.51. The molecule has 3 heteroatoms. The van der Waals surface area contributed by atoms with Crippen LogP contribution in [0.5, 0.6) is 5.75 Å². The van der Waals surface area contributed by atoms with Gasteiger partial charge in [0.1, 0.15) is 5.75 Å². The molecule has 3 nitrogen and oxygen atoms in total. The van der Waals surface area contributed by atoms with Gasteiger partial charge in [-0.2, -0.15) is 0 Å². The molecule has 1 N–H and O–H groups in total. The van der Waals surface area contributed by atoms with Crippen molar-refractivity contribution in [3.8, 4) is 5.75 Å². The number of likely N-dealkylation sites (tertiary alicyclic amines) is 1. The SMILES string of the molecule is COCC1CCN(C2CCc3c(O)cccc32)C1. The van der Waals surface area contributed by atoms with Gasteiger partial charge in [0.15, 0.2) is 0 Å². The zero-order chi connectivity index (χ0) is 12.5. The molecule has 1 aromatic rings. The van der Waals surface area contributed by atoms with Gasteiger partial charge in [-0.3, -0.25) is 4.90 Å². The molecule has 2 unspecified atom stereocenters. The van der Waals surface area contributed by atoms with Crippen LogP contribution >= 0.6 is 0 Å². The third-order valence-electron chi connectivity index (χ3n) is 4.37. The first-order valence-corrected chi connectivity index (χ1v) is 6.83. The number of hydrogen-bond donors (Lipinski definition) is 1. The summed E-state index contributed by atoms with van der Waals surface area (Å²) >= 11 is 0. The largest absolute Gasteiger partial charge is 0.508 e. The Morgan fingerprint density at radius 3 is 3.11 bits per heavy atom. The third-order valence-corrected chi connectivity index (χ3v) is 4.37. The van der Waals surface area contributed by atoms with Gasteiger partial charge in [-0.15, -0.1) is 0 Å². The molecule has 0 saturated carbocycles. The maximum absolute atomic E-state index is 9.89. The molecule has 3 rings (SSSR count). The number of fused-ring (bicyclic) bond motifs is 1. The molecule has 18 heavy (non-hydrogen) atoms. The minimum absolute atomic E-state index is 0.475. The summed E-state index contributed by atoms with van der Waals surface area (Å²) in [5.74, 6) is 1.15. The molecule has 1 aromatic carbocycles. The van der Waals surface area contributed by atoms with Crippen molar-refractivity contribution >= 4 is 0 Å². The second kappa shape index (κ2) is 4.90. The maximum atomic E-state index is 9.89. The Morgan fingerprint density at radius 2 is 2.28 bits per heavy atom. The van der Waals surface area contributed by atoms with Gasteiger partial charge < -0.3 is 9.84 Å². The van der Waals surface area contributed by atoms with E-state index in [1.54, 1.807) is 13.2 Å². The van der Waals surface area contributed by atoms with Gasteiger partial charge in [0.25, 0.3) is 0 Å². The van der Waals surface area contributed by atoms with Crippen molar-refractivity contribution in [2.75, 3.05) is 26.8 Å². The second-order valence-corrected chi connectivity index (χ2v) is 5.50. The Morgan fingerprint density at radius 1 is 1.39 bits per heavy atom. The van der Waals surface area contributed by atoms with E-state index in [0.717, 1.165) is 38.1 Å². The van der Waals surface area contributed by atoms with Crippen molar-refractivity contribution < 1.29 is 9.84 Å². The highest BCUT2D eigenvalue weighted by Crippen LogP contribution is 2.41. The number of nitrogens with zero attached hydrogens (tertiary/aromatic N) is 1. The van der Waals surface area contributed by atoms with Crippen LogP contribution in [-0.4, -0.2) is 36.8 Å². The van der Waals surface area contributed by atoms with Crippen molar-refractivity contribution in [1.82, 2.24) is 4.90 Å². The minimum atomic E-state index is 0.475. The van der Waals surface area contributed by atoms with Crippen LogP contribution in [0, 0.1) is 5.92 Å². The van der Waals surface area contributed by atoms with Crippen LogP contribution in [0.2, 0.25) is 0 Å². The van der Waals surface area contributed by atoms with Gasteiger partial charge in [-0.1, -0.05) is 12.1 Å².